The van der Waals surface area contributed by atoms with E-state index >= 15 is 0 Å². The summed E-state index contributed by atoms with van der Waals surface area (Å²) in [6.07, 6.45) is 0.837. The van der Waals surface area contributed by atoms with Crippen molar-refractivity contribution in [1.82, 2.24) is 0 Å². The Morgan fingerprint density at radius 2 is 1.84 bits per heavy atom. The minimum Gasteiger partial charge on any atom is -0.492 e. The molecule has 1 aromatic rings. The zero-order valence-electron chi connectivity index (χ0n) is 10.2. The third-order valence-electron chi connectivity index (χ3n) is 3.35. The number of nitro benzene ring substituents is 1. The van der Waals surface area contributed by atoms with E-state index in [2.05, 4.69) is 0 Å². The summed E-state index contributed by atoms with van der Waals surface area (Å²) in [4.78, 5) is 22.6. The standard InChI is InChI=1S/C12H11NO6/c1-17-12(14)8-6-2-4-19-11(6)9(13(15)16)7-3-5-18-10(7)8/h2-5H2,1H3. The van der Waals surface area contributed by atoms with Crippen molar-refractivity contribution >= 4 is 11.7 Å². The van der Waals surface area contributed by atoms with Crippen LogP contribution in [0, 0.1) is 10.1 Å². The number of nitro groups is 1. The van der Waals surface area contributed by atoms with Gasteiger partial charge >= 0.3 is 11.7 Å². The van der Waals surface area contributed by atoms with Crippen molar-refractivity contribution in [2.75, 3.05) is 20.3 Å². The summed E-state index contributed by atoms with van der Waals surface area (Å²) in [6.45, 7) is 0.645. The average molecular weight is 265 g/mol. The van der Waals surface area contributed by atoms with Gasteiger partial charge in [-0.05, 0) is 0 Å². The van der Waals surface area contributed by atoms with Crippen molar-refractivity contribution in [3.05, 3.63) is 26.8 Å². The predicted octanol–water partition coefficient (Wildman–Crippen LogP) is 1.25. The molecule has 0 aliphatic carbocycles. The maximum atomic E-state index is 11.9. The molecule has 0 saturated heterocycles. The normalized spacial score (nSPS) is 15.2. The Balaban J connectivity index is 2.34. The Bertz CT molecular complexity index is 559. The van der Waals surface area contributed by atoms with Crippen LogP contribution in [0.25, 0.3) is 0 Å². The van der Waals surface area contributed by atoms with Gasteiger partial charge in [-0.15, -0.1) is 0 Å². The van der Waals surface area contributed by atoms with E-state index in [1.807, 2.05) is 0 Å². The Labute approximate surface area is 108 Å². The molecule has 0 radical (unpaired) electrons. The molecule has 19 heavy (non-hydrogen) atoms. The maximum Gasteiger partial charge on any atom is 0.342 e. The van der Waals surface area contributed by atoms with Gasteiger partial charge in [0.05, 0.1) is 30.8 Å². The number of ether oxygens (including phenoxy) is 3. The number of carbonyl (C=O) groups is 1. The molecule has 0 atom stereocenters. The second kappa shape index (κ2) is 4.11. The molecule has 0 N–H and O–H groups in total. The van der Waals surface area contributed by atoms with E-state index in [1.54, 1.807) is 0 Å². The van der Waals surface area contributed by atoms with E-state index in [9.17, 15) is 14.9 Å². The van der Waals surface area contributed by atoms with Crippen LogP contribution in [0.3, 0.4) is 0 Å². The lowest BCUT2D eigenvalue weighted by atomic mass is 9.97. The van der Waals surface area contributed by atoms with Crippen LogP contribution in [0.4, 0.5) is 5.69 Å². The van der Waals surface area contributed by atoms with Crippen LogP contribution >= 0.6 is 0 Å². The molecular formula is C12H11NO6. The number of hydrogen-bond donors (Lipinski definition) is 0. The minimum absolute atomic E-state index is 0.0762. The molecule has 0 bridgehead atoms. The highest BCUT2D eigenvalue weighted by Gasteiger charge is 2.39. The molecule has 2 aliphatic rings. The molecule has 0 spiro atoms. The quantitative estimate of drug-likeness (QED) is 0.454. The Morgan fingerprint density at radius 3 is 2.47 bits per heavy atom. The number of fused-ring (bicyclic) bond motifs is 2. The van der Waals surface area contributed by atoms with Crippen molar-refractivity contribution in [3.8, 4) is 11.5 Å². The van der Waals surface area contributed by atoms with Crippen LogP contribution in [0.5, 0.6) is 11.5 Å². The number of benzene rings is 1. The number of carbonyl (C=O) groups excluding carboxylic acids is 1. The Hall–Kier alpha value is -2.31. The number of nitrogens with zero attached hydrogens (tertiary/aromatic N) is 1. The van der Waals surface area contributed by atoms with Crippen molar-refractivity contribution < 1.29 is 23.9 Å². The summed E-state index contributed by atoms with van der Waals surface area (Å²) in [6, 6.07) is 0. The smallest absolute Gasteiger partial charge is 0.342 e. The first-order valence-corrected chi connectivity index (χ1v) is 5.85. The summed E-state index contributed by atoms with van der Waals surface area (Å²) < 4.78 is 15.5. The third-order valence-corrected chi connectivity index (χ3v) is 3.35. The number of esters is 1. The van der Waals surface area contributed by atoms with Gasteiger partial charge < -0.3 is 14.2 Å². The molecule has 0 amide bonds. The highest BCUT2D eigenvalue weighted by atomic mass is 16.6. The van der Waals surface area contributed by atoms with E-state index in [0.717, 1.165) is 0 Å². The van der Waals surface area contributed by atoms with Crippen LogP contribution in [0.1, 0.15) is 21.5 Å². The number of methoxy groups -OCH3 is 1. The van der Waals surface area contributed by atoms with E-state index in [0.29, 0.717) is 37.2 Å². The fourth-order valence-corrected chi connectivity index (χ4v) is 2.60. The molecule has 7 heteroatoms. The Kier molecular flexibility index (Phi) is 2.55. The van der Waals surface area contributed by atoms with Crippen molar-refractivity contribution in [2.24, 2.45) is 0 Å². The predicted molar refractivity (Wildman–Crippen MR) is 62.8 cm³/mol. The third kappa shape index (κ3) is 1.54. The van der Waals surface area contributed by atoms with Crippen LogP contribution in [0.15, 0.2) is 0 Å². The lowest BCUT2D eigenvalue weighted by Crippen LogP contribution is -2.08. The van der Waals surface area contributed by atoms with Crippen LogP contribution in [-0.2, 0) is 17.6 Å². The van der Waals surface area contributed by atoms with Crippen LogP contribution in [-0.4, -0.2) is 31.2 Å². The molecule has 1 aromatic carbocycles. The van der Waals surface area contributed by atoms with E-state index in [1.165, 1.54) is 7.11 Å². The van der Waals surface area contributed by atoms with Crippen molar-refractivity contribution in [1.29, 1.82) is 0 Å². The van der Waals surface area contributed by atoms with Gasteiger partial charge in [-0.1, -0.05) is 0 Å². The average Bonchev–Trinajstić information content (AvgIpc) is 3.02. The molecule has 0 aromatic heterocycles. The van der Waals surface area contributed by atoms with Crippen molar-refractivity contribution in [2.45, 2.75) is 12.8 Å². The number of rotatable bonds is 2. The molecule has 100 valence electrons. The topological polar surface area (TPSA) is 87.9 Å². The lowest BCUT2D eigenvalue weighted by molar-refractivity contribution is -0.386. The van der Waals surface area contributed by atoms with E-state index in [-0.39, 0.29) is 22.7 Å². The first-order chi connectivity index (χ1) is 9.15. The van der Waals surface area contributed by atoms with Gasteiger partial charge in [0.1, 0.15) is 11.3 Å². The molecule has 0 fully saturated rings. The van der Waals surface area contributed by atoms with Gasteiger partial charge in [0, 0.05) is 18.4 Å². The van der Waals surface area contributed by atoms with Gasteiger partial charge in [-0.2, -0.15) is 0 Å². The summed E-state index contributed by atoms with van der Waals surface area (Å²) >= 11 is 0. The first kappa shape index (κ1) is 11.8. The van der Waals surface area contributed by atoms with Crippen LogP contribution < -0.4 is 9.47 Å². The fraction of sp³-hybridized carbons (Fsp3) is 0.417. The lowest BCUT2D eigenvalue weighted by Gasteiger charge is -2.11. The number of hydrogen-bond acceptors (Lipinski definition) is 6. The SMILES string of the molecule is COC(=O)c1c2c(c([N+](=O)[O-])c3c1OCC3)OCC2. The molecule has 0 unspecified atom stereocenters. The second-order valence-corrected chi connectivity index (χ2v) is 4.28. The highest BCUT2D eigenvalue weighted by Crippen LogP contribution is 2.48. The van der Waals surface area contributed by atoms with Crippen LogP contribution in [0.2, 0.25) is 0 Å². The first-order valence-electron chi connectivity index (χ1n) is 5.85. The molecular weight excluding hydrogens is 254 g/mol. The highest BCUT2D eigenvalue weighted by molar-refractivity contribution is 5.97. The molecule has 0 saturated carbocycles. The molecule has 7 nitrogen and oxygen atoms in total. The van der Waals surface area contributed by atoms with Gasteiger partial charge in [0.25, 0.3) is 0 Å². The summed E-state index contributed by atoms with van der Waals surface area (Å²) in [5.74, 6) is -0.0766. The van der Waals surface area contributed by atoms with Gasteiger partial charge in [0.15, 0.2) is 0 Å². The summed E-state index contributed by atoms with van der Waals surface area (Å²) in [7, 11) is 1.27. The van der Waals surface area contributed by atoms with E-state index in [4.69, 9.17) is 14.2 Å². The van der Waals surface area contributed by atoms with Gasteiger partial charge in [-0.25, -0.2) is 4.79 Å². The largest absolute Gasteiger partial charge is 0.492 e. The van der Waals surface area contributed by atoms with Gasteiger partial charge in [0.2, 0.25) is 5.75 Å². The zero-order chi connectivity index (χ0) is 13.6. The maximum absolute atomic E-state index is 11.9. The van der Waals surface area contributed by atoms with Gasteiger partial charge in [-0.3, -0.25) is 10.1 Å². The van der Waals surface area contributed by atoms with Crippen molar-refractivity contribution in [3.63, 3.8) is 0 Å². The molecule has 2 heterocycles. The fourth-order valence-electron chi connectivity index (χ4n) is 2.60. The molecule has 3 rings (SSSR count). The minimum atomic E-state index is -0.546. The van der Waals surface area contributed by atoms with E-state index < -0.39 is 10.9 Å². The summed E-state index contributed by atoms with van der Waals surface area (Å²) in [5.41, 5.74) is 1.13. The summed E-state index contributed by atoms with van der Waals surface area (Å²) in [5, 5.41) is 11.2. The zero-order valence-corrected chi connectivity index (χ0v) is 10.2. The Morgan fingerprint density at radius 1 is 1.21 bits per heavy atom. The second-order valence-electron chi connectivity index (χ2n) is 4.28. The monoisotopic (exact) mass is 265 g/mol. The molecule has 2 aliphatic heterocycles.